The van der Waals surface area contributed by atoms with E-state index in [-0.39, 0.29) is 11.1 Å². The molecule has 2 aromatic heterocycles. The molecule has 0 unspecified atom stereocenters. The van der Waals surface area contributed by atoms with Gasteiger partial charge in [0.2, 0.25) is 0 Å². The second-order valence-corrected chi connectivity index (χ2v) is 5.09. The van der Waals surface area contributed by atoms with E-state index < -0.39 is 5.97 Å². The van der Waals surface area contributed by atoms with E-state index in [0.29, 0.717) is 5.65 Å². The van der Waals surface area contributed by atoms with Crippen molar-refractivity contribution in [2.75, 3.05) is 0 Å². The van der Waals surface area contributed by atoms with E-state index in [0.717, 1.165) is 11.3 Å². The fourth-order valence-corrected chi connectivity index (χ4v) is 1.85. The minimum absolute atomic E-state index is 0.0426. The van der Waals surface area contributed by atoms with E-state index in [9.17, 15) is 4.79 Å². The van der Waals surface area contributed by atoms with Gasteiger partial charge in [-0.25, -0.2) is 14.8 Å². The Morgan fingerprint density at radius 3 is 2.47 bits per heavy atom. The number of imidazole rings is 1. The molecule has 2 rings (SSSR count). The third-order valence-electron chi connectivity index (χ3n) is 2.61. The van der Waals surface area contributed by atoms with Crippen molar-refractivity contribution < 1.29 is 9.90 Å². The molecule has 2 aromatic rings. The predicted molar refractivity (Wildman–Crippen MR) is 64.2 cm³/mol. The van der Waals surface area contributed by atoms with Crippen molar-refractivity contribution >= 4 is 17.1 Å². The molecule has 0 bridgehead atoms. The summed E-state index contributed by atoms with van der Waals surface area (Å²) in [6, 6.07) is 3.17. The van der Waals surface area contributed by atoms with Crippen LogP contribution in [-0.2, 0) is 12.5 Å². The van der Waals surface area contributed by atoms with E-state index in [1.54, 1.807) is 6.07 Å². The average Bonchev–Trinajstić information content (AvgIpc) is 2.55. The highest BCUT2D eigenvalue weighted by Gasteiger charge is 2.22. The summed E-state index contributed by atoms with van der Waals surface area (Å²) in [5.74, 6) is -0.132. The number of hydrogen-bond donors (Lipinski definition) is 1. The fraction of sp³-hybridized carbons (Fsp3) is 0.417. The first-order valence-corrected chi connectivity index (χ1v) is 5.38. The molecule has 90 valence electrons. The first kappa shape index (κ1) is 11.6. The van der Waals surface area contributed by atoms with Gasteiger partial charge in [0, 0.05) is 12.5 Å². The third-order valence-corrected chi connectivity index (χ3v) is 2.61. The van der Waals surface area contributed by atoms with Gasteiger partial charge in [-0.3, -0.25) is 0 Å². The smallest absolute Gasteiger partial charge is 0.354 e. The number of nitrogens with zero attached hydrogens (tertiary/aromatic N) is 3. The van der Waals surface area contributed by atoms with Crippen LogP contribution < -0.4 is 0 Å². The quantitative estimate of drug-likeness (QED) is 0.817. The number of fused-ring (bicyclic) bond motifs is 1. The molecule has 2 heterocycles. The molecule has 0 aliphatic rings. The second-order valence-electron chi connectivity index (χ2n) is 5.09. The molecule has 0 atom stereocenters. The molecule has 0 fully saturated rings. The van der Waals surface area contributed by atoms with E-state index in [4.69, 9.17) is 5.11 Å². The Balaban J connectivity index is 2.71. The average molecular weight is 233 g/mol. The lowest BCUT2D eigenvalue weighted by atomic mass is 9.96. The highest BCUT2D eigenvalue weighted by atomic mass is 16.4. The number of hydrogen-bond acceptors (Lipinski definition) is 3. The summed E-state index contributed by atoms with van der Waals surface area (Å²) in [5.41, 5.74) is 1.27. The molecule has 5 heteroatoms. The zero-order valence-corrected chi connectivity index (χ0v) is 10.4. The fourth-order valence-electron chi connectivity index (χ4n) is 1.85. The van der Waals surface area contributed by atoms with Gasteiger partial charge in [-0.15, -0.1) is 0 Å². The lowest BCUT2D eigenvalue weighted by molar-refractivity contribution is 0.0691. The van der Waals surface area contributed by atoms with Gasteiger partial charge in [-0.2, -0.15) is 0 Å². The predicted octanol–water partition coefficient (Wildman–Crippen LogP) is 1.96. The molecule has 0 saturated heterocycles. The molecule has 0 amide bonds. The van der Waals surface area contributed by atoms with Crippen LogP contribution in [0.2, 0.25) is 0 Å². The number of carboxylic acid groups (broad SMARTS) is 1. The molecular weight excluding hydrogens is 218 g/mol. The normalized spacial score (nSPS) is 12.0. The molecule has 1 N–H and O–H groups in total. The van der Waals surface area contributed by atoms with Crippen LogP contribution >= 0.6 is 0 Å². The van der Waals surface area contributed by atoms with Crippen molar-refractivity contribution in [3.8, 4) is 0 Å². The summed E-state index contributed by atoms with van der Waals surface area (Å²) in [6.45, 7) is 6.19. The highest BCUT2D eigenvalue weighted by Crippen LogP contribution is 2.24. The maximum absolute atomic E-state index is 10.9. The Labute approximate surface area is 99.1 Å². The lowest BCUT2D eigenvalue weighted by Crippen LogP contribution is -2.17. The van der Waals surface area contributed by atoms with E-state index in [2.05, 4.69) is 30.7 Å². The molecule has 0 radical (unpaired) electrons. The van der Waals surface area contributed by atoms with Crippen LogP contribution in [0.5, 0.6) is 0 Å². The Kier molecular flexibility index (Phi) is 2.41. The summed E-state index contributed by atoms with van der Waals surface area (Å²) in [4.78, 5) is 19.5. The van der Waals surface area contributed by atoms with Crippen molar-refractivity contribution in [3.63, 3.8) is 0 Å². The van der Waals surface area contributed by atoms with Crippen molar-refractivity contribution in [1.29, 1.82) is 0 Å². The van der Waals surface area contributed by atoms with Crippen LogP contribution in [0.15, 0.2) is 12.1 Å². The first-order valence-electron chi connectivity index (χ1n) is 5.38. The molecule has 0 aliphatic heterocycles. The van der Waals surface area contributed by atoms with Gasteiger partial charge in [-0.1, -0.05) is 20.8 Å². The Hall–Kier alpha value is -1.91. The molecule has 5 nitrogen and oxygen atoms in total. The van der Waals surface area contributed by atoms with Gasteiger partial charge < -0.3 is 9.67 Å². The van der Waals surface area contributed by atoms with Crippen molar-refractivity contribution in [2.24, 2.45) is 7.05 Å². The number of aromatic carboxylic acids is 1. The largest absolute Gasteiger partial charge is 0.477 e. The van der Waals surface area contributed by atoms with E-state index in [1.165, 1.54) is 6.07 Å². The summed E-state index contributed by atoms with van der Waals surface area (Å²) in [5, 5.41) is 8.91. The Morgan fingerprint density at radius 2 is 1.94 bits per heavy atom. The number of rotatable bonds is 1. The third kappa shape index (κ3) is 1.88. The Bertz CT molecular complexity index is 594. The number of aryl methyl sites for hydroxylation is 1. The molecule has 0 aromatic carbocycles. The van der Waals surface area contributed by atoms with Gasteiger partial charge >= 0.3 is 5.97 Å². The molecule has 0 aliphatic carbocycles. The van der Waals surface area contributed by atoms with Gasteiger partial charge in [-0.05, 0) is 12.1 Å². The minimum atomic E-state index is -1.02. The second kappa shape index (κ2) is 3.55. The monoisotopic (exact) mass is 233 g/mol. The summed E-state index contributed by atoms with van der Waals surface area (Å²) in [6.07, 6.45) is 0. The number of pyridine rings is 1. The maximum Gasteiger partial charge on any atom is 0.354 e. The number of carbonyl (C=O) groups is 1. The van der Waals surface area contributed by atoms with Crippen LogP contribution in [-0.4, -0.2) is 25.6 Å². The number of carboxylic acids is 1. The Morgan fingerprint density at radius 1 is 1.29 bits per heavy atom. The zero-order valence-electron chi connectivity index (χ0n) is 10.4. The summed E-state index contributed by atoms with van der Waals surface area (Å²) < 4.78 is 1.85. The van der Waals surface area contributed by atoms with Crippen molar-refractivity contribution in [3.05, 3.63) is 23.7 Å². The summed E-state index contributed by atoms with van der Waals surface area (Å²) >= 11 is 0. The minimum Gasteiger partial charge on any atom is -0.477 e. The van der Waals surface area contributed by atoms with Crippen LogP contribution in [0, 0.1) is 0 Å². The van der Waals surface area contributed by atoms with Crippen LogP contribution in [0.3, 0.4) is 0 Å². The standard InChI is InChI=1S/C12H15N3O2/c1-12(2,3)11-14-7-5-6-8(10(16)17)13-9(7)15(11)4/h5-6H,1-4H3,(H,16,17). The van der Waals surface area contributed by atoms with Gasteiger partial charge in [0.05, 0.1) is 0 Å². The van der Waals surface area contributed by atoms with Crippen molar-refractivity contribution in [2.45, 2.75) is 26.2 Å². The van der Waals surface area contributed by atoms with Gasteiger partial charge in [0.15, 0.2) is 11.3 Å². The maximum atomic E-state index is 10.9. The molecule has 0 saturated carbocycles. The molecular formula is C12H15N3O2. The number of aromatic nitrogens is 3. The lowest BCUT2D eigenvalue weighted by Gasteiger charge is -2.17. The highest BCUT2D eigenvalue weighted by molar-refractivity contribution is 5.88. The van der Waals surface area contributed by atoms with Gasteiger partial charge in [0.1, 0.15) is 11.3 Å². The molecule has 17 heavy (non-hydrogen) atoms. The van der Waals surface area contributed by atoms with E-state index >= 15 is 0 Å². The SMILES string of the molecule is Cn1c(C(C)(C)C)nc2ccc(C(=O)O)nc21. The van der Waals surface area contributed by atoms with Crippen LogP contribution in [0.1, 0.15) is 37.1 Å². The first-order chi connectivity index (χ1) is 7.80. The summed E-state index contributed by atoms with van der Waals surface area (Å²) in [7, 11) is 1.86. The van der Waals surface area contributed by atoms with Gasteiger partial charge in [0.25, 0.3) is 0 Å². The van der Waals surface area contributed by atoms with Crippen LogP contribution in [0.25, 0.3) is 11.2 Å². The van der Waals surface area contributed by atoms with Crippen LogP contribution in [0.4, 0.5) is 0 Å². The van der Waals surface area contributed by atoms with Crippen molar-refractivity contribution in [1.82, 2.24) is 14.5 Å². The zero-order chi connectivity index (χ0) is 12.8. The topological polar surface area (TPSA) is 68.0 Å². The molecule has 0 spiro atoms. The van der Waals surface area contributed by atoms with E-state index in [1.807, 2.05) is 11.6 Å².